The Bertz CT molecular complexity index is 3860. The molecule has 5 nitrogen and oxygen atoms in total. The number of rotatable bonds is 8. The molecule has 1 saturated heterocycles. The van der Waals surface area contributed by atoms with Crippen molar-refractivity contribution >= 4 is 27.5 Å². The number of nitrogens with one attached hydrogen (secondary N) is 2. The third kappa shape index (κ3) is 7.35. The molecular formula is C70H60N5+. The number of fused-ring (bicyclic) bond motifs is 9. The zero-order chi connectivity index (χ0) is 49.6. The van der Waals surface area contributed by atoms with Gasteiger partial charge < -0.3 is 20.1 Å². The maximum Gasteiger partial charge on any atom is 0.221 e. The van der Waals surface area contributed by atoms with Gasteiger partial charge in [0.2, 0.25) is 6.29 Å². The van der Waals surface area contributed by atoms with Crippen LogP contribution in [-0.4, -0.2) is 27.8 Å². The molecule has 8 atom stereocenters. The summed E-state index contributed by atoms with van der Waals surface area (Å²) in [5, 5.41) is 13.4. The predicted octanol–water partition coefficient (Wildman–Crippen LogP) is 14.9. The van der Waals surface area contributed by atoms with Crippen LogP contribution in [0.2, 0.25) is 0 Å². The minimum Gasteiger partial charge on any atom is -0.374 e. The Morgan fingerprint density at radius 2 is 1.31 bits per heavy atom. The highest BCUT2D eigenvalue weighted by molar-refractivity contribution is 6.09. The van der Waals surface area contributed by atoms with Crippen molar-refractivity contribution in [2.24, 2.45) is 11.8 Å². The summed E-state index contributed by atoms with van der Waals surface area (Å²) < 4.78 is 2.43. The minimum atomic E-state index is 0.0936. The van der Waals surface area contributed by atoms with E-state index in [1.54, 1.807) is 0 Å². The molecule has 1 aromatic heterocycles. The number of quaternary nitrogens is 1. The van der Waals surface area contributed by atoms with Gasteiger partial charge in [-0.15, -0.1) is 0 Å². The van der Waals surface area contributed by atoms with Crippen molar-refractivity contribution in [3.05, 3.63) is 276 Å². The maximum atomic E-state index is 4.33. The molecule has 364 valence electrons. The Hall–Kier alpha value is -8.22. The molecule has 8 unspecified atom stereocenters. The van der Waals surface area contributed by atoms with E-state index >= 15 is 0 Å². The van der Waals surface area contributed by atoms with Crippen molar-refractivity contribution in [3.63, 3.8) is 0 Å². The van der Waals surface area contributed by atoms with Crippen LogP contribution in [0.1, 0.15) is 66.4 Å². The summed E-state index contributed by atoms with van der Waals surface area (Å²) in [6, 6.07) is 73.0. The summed E-state index contributed by atoms with van der Waals surface area (Å²) in [6.07, 6.45) is 20.3. The highest BCUT2D eigenvalue weighted by Crippen LogP contribution is 2.51. The van der Waals surface area contributed by atoms with Crippen molar-refractivity contribution in [2.75, 3.05) is 5.32 Å². The number of allylic oxidation sites excluding steroid dienone is 6. The Kier molecular flexibility index (Phi) is 10.6. The van der Waals surface area contributed by atoms with Gasteiger partial charge in [0.15, 0.2) is 0 Å². The molecule has 9 aromatic rings. The van der Waals surface area contributed by atoms with E-state index < -0.39 is 0 Å². The van der Waals surface area contributed by atoms with Crippen LogP contribution in [0.4, 0.5) is 5.69 Å². The molecule has 0 saturated carbocycles. The first-order valence-corrected chi connectivity index (χ1v) is 27.3. The van der Waals surface area contributed by atoms with E-state index in [9.17, 15) is 0 Å². The molecule has 0 radical (unpaired) electrons. The molecule has 5 heteroatoms. The van der Waals surface area contributed by atoms with Crippen molar-refractivity contribution in [3.8, 4) is 39.1 Å². The van der Waals surface area contributed by atoms with E-state index in [0.29, 0.717) is 23.9 Å². The quantitative estimate of drug-likeness (QED) is 0.133. The number of hydrogen-bond donors (Lipinski definition) is 3. The van der Waals surface area contributed by atoms with Crippen LogP contribution in [0.5, 0.6) is 0 Å². The number of hydrogen-bond acceptors (Lipinski definition) is 3. The molecule has 4 aliphatic carbocycles. The summed E-state index contributed by atoms with van der Waals surface area (Å²) in [7, 11) is 0. The van der Waals surface area contributed by atoms with E-state index in [-0.39, 0.29) is 24.3 Å². The van der Waals surface area contributed by atoms with Crippen molar-refractivity contribution in [1.82, 2.24) is 14.8 Å². The SMILES string of the molecule is CC1C(c2ccc3c(c2)c2ccccc2n3-c2ccccc2)C=CC2C3=C(CCC=C3)N(C3NC(c4ccc(-c5cccc(-c6ccc7c(c6)-c6ccccc6C7Nc6ccccc6)c5)cc4)C4=CC=CCC4[NH2+]3)C21. The zero-order valence-corrected chi connectivity index (χ0v) is 42.2. The van der Waals surface area contributed by atoms with Gasteiger partial charge in [-0.25, -0.2) is 5.32 Å². The number of nitrogens with zero attached hydrogens (tertiary/aromatic N) is 2. The molecule has 75 heavy (non-hydrogen) atoms. The van der Waals surface area contributed by atoms with Gasteiger partial charge in [-0.05, 0) is 135 Å². The van der Waals surface area contributed by atoms with Gasteiger partial charge in [-0.3, -0.25) is 0 Å². The smallest absolute Gasteiger partial charge is 0.221 e. The van der Waals surface area contributed by atoms with Crippen molar-refractivity contribution in [2.45, 2.75) is 62.6 Å². The lowest BCUT2D eigenvalue weighted by molar-refractivity contribution is -0.744. The molecule has 0 spiro atoms. The predicted molar refractivity (Wildman–Crippen MR) is 308 cm³/mol. The van der Waals surface area contributed by atoms with Crippen LogP contribution in [0, 0.1) is 11.8 Å². The Morgan fingerprint density at radius 1 is 0.587 bits per heavy atom. The van der Waals surface area contributed by atoms with Gasteiger partial charge in [0, 0.05) is 57.7 Å². The molecule has 6 aliphatic rings. The third-order valence-corrected chi connectivity index (χ3v) is 17.7. The van der Waals surface area contributed by atoms with Gasteiger partial charge in [-0.2, -0.15) is 0 Å². The van der Waals surface area contributed by atoms with Gasteiger partial charge >= 0.3 is 0 Å². The lowest BCUT2D eigenvalue weighted by Crippen LogP contribution is -3.03. The second-order valence-corrected chi connectivity index (χ2v) is 21.7. The van der Waals surface area contributed by atoms with E-state index in [1.807, 2.05) is 0 Å². The number of nitrogens with two attached hydrogens (primary N) is 1. The summed E-state index contributed by atoms with van der Waals surface area (Å²) in [5.74, 6) is 1.03. The highest BCUT2D eigenvalue weighted by Gasteiger charge is 2.51. The third-order valence-electron chi connectivity index (χ3n) is 17.7. The average molecular weight is 971 g/mol. The Morgan fingerprint density at radius 3 is 2.19 bits per heavy atom. The van der Waals surface area contributed by atoms with Gasteiger partial charge in [0.1, 0.15) is 6.04 Å². The first-order valence-electron chi connectivity index (χ1n) is 27.3. The first kappa shape index (κ1) is 44.3. The Labute approximate surface area is 440 Å². The second-order valence-electron chi connectivity index (χ2n) is 21.7. The second kappa shape index (κ2) is 18.0. The summed E-state index contributed by atoms with van der Waals surface area (Å²) in [5.41, 5.74) is 22.3. The fourth-order valence-electron chi connectivity index (χ4n) is 14.2. The molecule has 4 N–H and O–H groups in total. The van der Waals surface area contributed by atoms with Crippen LogP contribution in [-0.2, 0) is 0 Å². The topological polar surface area (TPSA) is 48.8 Å². The largest absolute Gasteiger partial charge is 0.374 e. The molecule has 1 fully saturated rings. The van der Waals surface area contributed by atoms with Gasteiger partial charge in [0.05, 0.1) is 23.1 Å². The fourth-order valence-corrected chi connectivity index (χ4v) is 14.2. The molecule has 0 amide bonds. The lowest BCUT2D eigenvalue weighted by atomic mass is 9.71. The molecule has 15 rings (SSSR count). The molecule has 3 heterocycles. The fraction of sp³-hybridized carbons (Fsp3) is 0.171. The molecule has 8 aromatic carbocycles. The lowest BCUT2D eigenvalue weighted by Gasteiger charge is -2.48. The van der Waals surface area contributed by atoms with Crippen molar-refractivity contribution < 1.29 is 5.32 Å². The Balaban J connectivity index is 0.725. The number of aromatic nitrogens is 1. The summed E-state index contributed by atoms with van der Waals surface area (Å²) in [4.78, 5) is 2.87. The molecule has 2 aliphatic heterocycles. The van der Waals surface area contributed by atoms with Gasteiger partial charge in [-0.1, -0.05) is 189 Å². The van der Waals surface area contributed by atoms with E-state index in [4.69, 9.17) is 0 Å². The highest BCUT2D eigenvalue weighted by atomic mass is 15.4. The first-order chi connectivity index (χ1) is 37.1. The monoisotopic (exact) mass is 970 g/mol. The number of anilines is 1. The van der Waals surface area contributed by atoms with Crippen molar-refractivity contribution in [1.29, 1.82) is 0 Å². The average Bonchev–Trinajstić information content (AvgIpc) is 4.17. The van der Waals surface area contributed by atoms with Crippen LogP contribution < -0.4 is 16.0 Å². The van der Waals surface area contributed by atoms with Crippen LogP contribution in [0.3, 0.4) is 0 Å². The maximum absolute atomic E-state index is 4.33. The van der Waals surface area contributed by atoms with Crippen LogP contribution in [0.15, 0.2) is 253 Å². The summed E-state index contributed by atoms with van der Waals surface area (Å²) >= 11 is 0. The molecular weight excluding hydrogens is 911 g/mol. The zero-order valence-electron chi connectivity index (χ0n) is 42.2. The number of para-hydroxylation sites is 3. The van der Waals surface area contributed by atoms with E-state index in [1.165, 1.54) is 100.0 Å². The van der Waals surface area contributed by atoms with E-state index in [2.05, 4.69) is 269 Å². The van der Waals surface area contributed by atoms with Crippen LogP contribution in [0.25, 0.3) is 60.9 Å². The summed E-state index contributed by atoms with van der Waals surface area (Å²) in [6.45, 7) is 2.53. The normalized spacial score (nSPS) is 24.2. The van der Waals surface area contributed by atoms with E-state index in [0.717, 1.165) is 24.9 Å². The molecule has 0 bridgehead atoms. The van der Waals surface area contributed by atoms with Gasteiger partial charge in [0.25, 0.3) is 0 Å². The minimum absolute atomic E-state index is 0.0936. The standard InChI is InChI=1S/C70H59N5/c1-44-53(50-36-40-66-62(43-50)56-25-12-14-29-64(56)74(66)52-21-6-3-7-22-52)38-39-59-55-24-11-15-30-65(55)75(69(44)59)70-72-63-28-13-10-27-60(63)67(73-70)46-33-31-45(32-34-46)47-17-16-18-48(41-47)49-35-37-58-61(42-49)54-23-8-9-26-57(54)68(58)71-51-19-4-2-5-20-51/h2-14,16-27,29,31-44,53,59,63,67-73H,15,28,30H2,1H3/p+1. The van der Waals surface area contributed by atoms with Crippen LogP contribution >= 0.6 is 0 Å². The number of benzene rings is 8.